The number of hydrazine groups is 1. The first-order valence-electron chi connectivity index (χ1n) is 10.4. The molecule has 2 N–H and O–H groups in total. The van der Waals surface area contributed by atoms with Crippen molar-refractivity contribution in [2.45, 2.75) is 4.90 Å². The number of thioether (sulfide) groups is 1. The molecule has 3 aromatic carbocycles. The molecule has 166 valence electrons. The summed E-state index contributed by atoms with van der Waals surface area (Å²) in [4.78, 5) is 27.9. The number of ketones is 1. The van der Waals surface area contributed by atoms with E-state index in [0.717, 1.165) is 21.8 Å². The number of benzene rings is 3. The lowest BCUT2D eigenvalue weighted by Crippen LogP contribution is -2.37. The van der Waals surface area contributed by atoms with Crippen molar-refractivity contribution >= 4 is 52.5 Å². The van der Waals surface area contributed by atoms with E-state index >= 15 is 0 Å². The highest BCUT2D eigenvalue weighted by molar-refractivity contribution is 8.03. The fourth-order valence-electron chi connectivity index (χ4n) is 3.74. The van der Waals surface area contributed by atoms with Crippen LogP contribution in [0.5, 0.6) is 0 Å². The average Bonchev–Trinajstić information content (AvgIpc) is 3.23. The quantitative estimate of drug-likeness (QED) is 0.473. The molecule has 0 aliphatic carbocycles. The van der Waals surface area contributed by atoms with Gasteiger partial charge in [-0.05, 0) is 42.5 Å². The Morgan fingerprint density at radius 1 is 1.00 bits per heavy atom. The maximum absolute atomic E-state index is 13.5. The Labute approximate surface area is 205 Å². The molecule has 0 fully saturated rings. The van der Waals surface area contributed by atoms with Crippen molar-refractivity contribution in [1.82, 2.24) is 5.43 Å². The third kappa shape index (κ3) is 3.94. The van der Waals surface area contributed by atoms with E-state index in [4.69, 9.17) is 11.6 Å². The summed E-state index contributed by atoms with van der Waals surface area (Å²) >= 11 is 7.82. The number of para-hydroxylation sites is 2. The number of anilines is 2. The van der Waals surface area contributed by atoms with E-state index in [2.05, 4.69) is 10.7 Å². The van der Waals surface area contributed by atoms with Gasteiger partial charge in [-0.3, -0.25) is 20.0 Å². The van der Waals surface area contributed by atoms with Crippen LogP contribution in [0.15, 0.2) is 100 Å². The number of hydrogen-bond acceptors (Lipinski definition) is 6. The third-order valence-corrected chi connectivity index (χ3v) is 6.91. The molecular weight excluding hydrogens is 468 g/mol. The van der Waals surface area contributed by atoms with Gasteiger partial charge in [0.25, 0.3) is 0 Å². The third-order valence-electron chi connectivity index (χ3n) is 5.39. The second-order valence-corrected chi connectivity index (χ2v) is 9.01. The molecule has 0 radical (unpaired) electrons. The number of fused-ring (bicyclic) bond motifs is 2. The molecule has 1 amide bonds. The minimum atomic E-state index is -1.52. The molecule has 2 aliphatic heterocycles. The number of carbonyl (C=O) groups excluding carboxylic acids is 2. The Balaban J connectivity index is 1.54. The molecule has 8 heteroatoms. The summed E-state index contributed by atoms with van der Waals surface area (Å²) < 4.78 is 0. The Hall–Kier alpha value is -3.99. The molecule has 3 aromatic rings. The number of allylic oxidation sites excluding steroid dienone is 1. The summed E-state index contributed by atoms with van der Waals surface area (Å²) in [5, 5.41) is 14.8. The fraction of sp³-hybridized carbons (Fsp3) is 0.0385. The summed E-state index contributed by atoms with van der Waals surface area (Å²) in [6.07, 6.45) is 1.91. The van der Waals surface area contributed by atoms with Crippen LogP contribution in [0.1, 0.15) is 5.56 Å². The van der Waals surface area contributed by atoms with Crippen molar-refractivity contribution < 1.29 is 9.59 Å². The maximum atomic E-state index is 13.5. The van der Waals surface area contributed by atoms with Crippen LogP contribution < -0.4 is 15.8 Å². The van der Waals surface area contributed by atoms with Crippen LogP contribution in [-0.2, 0) is 9.59 Å². The first-order chi connectivity index (χ1) is 16.6. The molecule has 0 saturated carbocycles. The summed E-state index contributed by atoms with van der Waals surface area (Å²) in [6, 6.07) is 25.7. The molecule has 0 bridgehead atoms. The van der Waals surface area contributed by atoms with Crippen LogP contribution in [0.3, 0.4) is 0 Å². The number of nitrogens with zero attached hydrogens (tertiary/aromatic N) is 2. The first-order valence-corrected chi connectivity index (χ1v) is 11.6. The number of Topliss-reactive ketones (excluding diaryl/α,β-unsaturated/α-hetero) is 1. The van der Waals surface area contributed by atoms with Crippen LogP contribution in [0.25, 0.3) is 6.08 Å². The van der Waals surface area contributed by atoms with Crippen LogP contribution in [-0.4, -0.2) is 11.7 Å². The van der Waals surface area contributed by atoms with E-state index in [9.17, 15) is 14.9 Å². The van der Waals surface area contributed by atoms with Crippen LogP contribution >= 0.6 is 23.4 Å². The predicted molar refractivity (Wildman–Crippen MR) is 134 cm³/mol. The zero-order valence-corrected chi connectivity index (χ0v) is 19.2. The highest BCUT2D eigenvalue weighted by atomic mass is 35.5. The Kier molecular flexibility index (Phi) is 5.84. The van der Waals surface area contributed by atoms with Gasteiger partial charge in [-0.2, -0.15) is 5.26 Å². The number of amides is 1. The molecule has 6 nitrogen and oxygen atoms in total. The number of nitrogens with one attached hydrogen (secondary N) is 2. The van der Waals surface area contributed by atoms with E-state index in [-0.39, 0.29) is 5.70 Å². The molecule has 2 heterocycles. The molecule has 34 heavy (non-hydrogen) atoms. The van der Waals surface area contributed by atoms with Gasteiger partial charge in [0.2, 0.25) is 11.7 Å². The summed E-state index contributed by atoms with van der Waals surface area (Å²) in [6.45, 7) is 0. The highest BCUT2D eigenvalue weighted by Crippen LogP contribution is 2.48. The Bertz CT molecular complexity index is 1400. The number of hydrogen-bond donors (Lipinski definition) is 2. The van der Waals surface area contributed by atoms with Gasteiger partial charge in [0, 0.05) is 21.2 Å². The van der Waals surface area contributed by atoms with Gasteiger partial charge in [-0.1, -0.05) is 65.8 Å². The van der Waals surface area contributed by atoms with Crippen molar-refractivity contribution in [3.8, 4) is 6.07 Å². The van der Waals surface area contributed by atoms with Crippen LogP contribution in [0, 0.1) is 17.2 Å². The van der Waals surface area contributed by atoms with Gasteiger partial charge in [-0.25, -0.2) is 0 Å². The molecule has 0 spiro atoms. The van der Waals surface area contributed by atoms with Gasteiger partial charge in [-0.15, -0.1) is 0 Å². The second kappa shape index (κ2) is 9.10. The predicted octanol–water partition coefficient (Wildman–Crippen LogP) is 5.37. The lowest BCUT2D eigenvalue weighted by molar-refractivity contribution is -0.126. The standard InChI is InChI=1S/C26H17ClN4O2S/c27-20-12-7-13-22-18(20)14-21-25(34-22)23(30-31(21)17-10-5-2-6-11-17)24(32)19(15-28)26(33)29-16-8-3-1-4-9-16/h1-14,19,30H,(H,29,33). The number of halogens is 1. The van der Waals surface area contributed by atoms with Crippen molar-refractivity contribution in [3.05, 3.63) is 106 Å². The lowest BCUT2D eigenvalue weighted by atomic mass is 10.0. The van der Waals surface area contributed by atoms with Crippen molar-refractivity contribution in [2.24, 2.45) is 5.92 Å². The zero-order valence-electron chi connectivity index (χ0n) is 17.7. The summed E-state index contributed by atoms with van der Waals surface area (Å²) in [7, 11) is 0. The van der Waals surface area contributed by atoms with Crippen molar-refractivity contribution in [3.63, 3.8) is 0 Å². The van der Waals surface area contributed by atoms with E-state index in [1.807, 2.05) is 66.7 Å². The molecule has 2 aliphatic rings. The Morgan fingerprint density at radius 3 is 2.41 bits per heavy atom. The highest BCUT2D eigenvalue weighted by Gasteiger charge is 2.39. The van der Waals surface area contributed by atoms with Crippen molar-refractivity contribution in [1.29, 1.82) is 5.26 Å². The van der Waals surface area contributed by atoms with E-state index < -0.39 is 17.6 Å². The second-order valence-electron chi connectivity index (χ2n) is 7.55. The van der Waals surface area contributed by atoms with Gasteiger partial charge in [0.1, 0.15) is 5.70 Å². The largest absolute Gasteiger partial charge is 0.325 e. The minimum Gasteiger partial charge on any atom is -0.325 e. The van der Waals surface area contributed by atoms with Crippen molar-refractivity contribution in [2.75, 3.05) is 10.3 Å². The Morgan fingerprint density at radius 2 is 1.71 bits per heavy atom. The number of rotatable bonds is 5. The van der Waals surface area contributed by atoms with Crippen LogP contribution in [0.2, 0.25) is 5.02 Å². The minimum absolute atomic E-state index is 0.195. The molecule has 5 rings (SSSR count). The molecule has 1 unspecified atom stereocenters. The number of nitriles is 1. The van der Waals surface area contributed by atoms with Gasteiger partial charge >= 0.3 is 0 Å². The van der Waals surface area contributed by atoms with Gasteiger partial charge in [0.05, 0.1) is 22.4 Å². The topological polar surface area (TPSA) is 85.2 Å². The zero-order chi connectivity index (χ0) is 23.7. The van der Waals surface area contributed by atoms with Crippen LogP contribution in [0.4, 0.5) is 11.4 Å². The smallest absolute Gasteiger partial charge is 0.249 e. The maximum Gasteiger partial charge on any atom is 0.249 e. The normalized spacial score (nSPS) is 14.8. The molecule has 0 aromatic heterocycles. The lowest BCUT2D eigenvalue weighted by Gasteiger charge is -2.24. The summed E-state index contributed by atoms with van der Waals surface area (Å²) in [5.74, 6) is -2.80. The summed E-state index contributed by atoms with van der Waals surface area (Å²) in [5.41, 5.74) is 6.22. The fourth-order valence-corrected chi connectivity index (χ4v) is 5.18. The monoisotopic (exact) mass is 484 g/mol. The molecular formula is C26H17ClN4O2S. The average molecular weight is 485 g/mol. The van der Waals surface area contributed by atoms with E-state index in [1.165, 1.54) is 11.8 Å². The molecule has 1 atom stereocenters. The van der Waals surface area contributed by atoms with E-state index in [0.29, 0.717) is 15.6 Å². The SMILES string of the molecule is N#CC(C(=O)Nc1ccccc1)C(=O)C1=C2Sc3cccc(Cl)c3C=C2N(c2ccccc2)N1. The van der Waals surface area contributed by atoms with E-state index in [1.54, 1.807) is 29.3 Å². The van der Waals surface area contributed by atoms with Gasteiger partial charge < -0.3 is 5.32 Å². The first kappa shape index (κ1) is 21.8. The number of carbonyl (C=O) groups is 2. The van der Waals surface area contributed by atoms with Gasteiger partial charge in [0.15, 0.2) is 5.92 Å². The molecule has 0 saturated heterocycles.